The minimum atomic E-state index is -1.10. The van der Waals surface area contributed by atoms with Crippen LogP contribution in [-0.2, 0) is 16.1 Å². The average Bonchev–Trinajstić information content (AvgIpc) is 2.46. The highest BCUT2D eigenvalue weighted by Crippen LogP contribution is 2.23. The predicted molar refractivity (Wildman–Crippen MR) is 70.5 cm³/mol. The Kier molecular flexibility index (Phi) is 4.61. The van der Waals surface area contributed by atoms with Crippen LogP contribution in [0, 0.1) is 5.92 Å². The normalized spacial score (nSPS) is 22.4. The summed E-state index contributed by atoms with van der Waals surface area (Å²) in [6.07, 6.45) is 0.738. The number of nitrogens with zero attached hydrogens (tertiary/aromatic N) is 1. The van der Waals surface area contributed by atoms with Crippen molar-refractivity contribution in [2.75, 3.05) is 6.54 Å². The molecule has 0 saturated carbocycles. The molecule has 2 unspecified atom stereocenters. The summed E-state index contributed by atoms with van der Waals surface area (Å²) in [5.74, 6) is -1.72. The molecule has 0 radical (unpaired) electrons. The third-order valence-corrected chi connectivity index (χ3v) is 3.73. The van der Waals surface area contributed by atoms with E-state index in [0.29, 0.717) is 19.4 Å². The molecule has 1 aromatic rings. The molecular formula is C15H18NO4-. The number of hydrogen-bond acceptors (Lipinski definition) is 4. The van der Waals surface area contributed by atoms with Crippen molar-refractivity contribution in [1.29, 1.82) is 0 Å². The Morgan fingerprint density at radius 3 is 2.70 bits per heavy atom. The van der Waals surface area contributed by atoms with Gasteiger partial charge in [0.1, 0.15) is 6.61 Å². The lowest BCUT2D eigenvalue weighted by atomic mass is 9.91. The zero-order valence-corrected chi connectivity index (χ0v) is 11.5. The van der Waals surface area contributed by atoms with Crippen LogP contribution in [0.15, 0.2) is 30.3 Å². The van der Waals surface area contributed by atoms with Crippen LogP contribution in [0.25, 0.3) is 0 Å². The fourth-order valence-electron chi connectivity index (χ4n) is 2.52. The van der Waals surface area contributed by atoms with Gasteiger partial charge in [-0.05, 0) is 25.3 Å². The predicted octanol–water partition coefficient (Wildman–Crippen LogP) is 1.17. The van der Waals surface area contributed by atoms with Crippen LogP contribution in [0.1, 0.15) is 25.3 Å². The van der Waals surface area contributed by atoms with Crippen LogP contribution in [0.3, 0.4) is 0 Å². The quantitative estimate of drug-likeness (QED) is 0.831. The molecule has 0 bridgehead atoms. The summed E-state index contributed by atoms with van der Waals surface area (Å²) < 4.78 is 5.24. The Bertz CT molecular complexity index is 474. The molecule has 0 spiro atoms. The highest BCUT2D eigenvalue weighted by molar-refractivity contribution is 5.72. The molecule has 20 heavy (non-hydrogen) atoms. The molecule has 1 aromatic carbocycles. The number of rotatable bonds is 3. The molecule has 2 rings (SSSR count). The lowest BCUT2D eigenvalue weighted by Gasteiger charge is -2.38. The van der Waals surface area contributed by atoms with Gasteiger partial charge in [0.05, 0.1) is 0 Å². The Hall–Kier alpha value is -2.04. The first-order valence-corrected chi connectivity index (χ1v) is 6.78. The molecule has 1 fully saturated rings. The second kappa shape index (κ2) is 6.41. The number of aliphatic carboxylic acids is 1. The number of likely N-dealkylation sites (tertiary alicyclic amines) is 1. The largest absolute Gasteiger partial charge is 0.550 e. The van der Waals surface area contributed by atoms with Gasteiger partial charge in [0, 0.05) is 24.5 Å². The molecule has 108 valence electrons. The zero-order chi connectivity index (χ0) is 14.5. The molecule has 5 heteroatoms. The molecule has 0 aromatic heterocycles. The smallest absolute Gasteiger partial charge is 0.410 e. The first kappa shape index (κ1) is 14.4. The zero-order valence-electron chi connectivity index (χ0n) is 11.5. The molecule has 0 N–H and O–H groups in total. The van der Waals surface area contributed by atoms with Crippen molar-refractivity contribution in [2.45, 2.75) is 32.4 Å². The number of carboxylic acid groups (broad SMARTS) is 1. The molecule has 1 amide bonds. The molecule has 1 aliphatic heterocycles. The van der Waals surface area contributed by atoms with E-state index in [0.717, 1.165) is 5.56 Å². The Labute approximate surface area is 118 Å². The Balaban J connectivity index is 1.93. The number of piperidine rings is 1. The van der Waals surface area contributed by atoms with E-state index in [1.807, 2.05) is 30.3 Å². The van der Waals surface area contributed by atoms with Gasteiger partial charge in [-0.15, -0.1) is 0 Å². The Morgan fingerprint density at radius 1 is 1.35 bits per heavy atom. The molecule has 5 nitrogen and oxygen atoms in total. The lowest BCUT2D eigenvalue weighted by molar-refractivity contribution is -0.314. The van der Waals surface area contributed by atoms with E-state index in [2.05, 4.69) is 0 Å². The standard InChI is InChI=1S/C15H19NO4/c1-11-13(14(17)18)8-5-9-16(11)15(19)20-10-12-6-3-2-4-7-12/h2-4,6-7,11,13H,5,8-10H2,1H3,(H,17,18)/p-1. The van der Waals surface area contributed by atoms with Gasteiger partial charge < -0.3 is 19.5 Å². The van der Waals surface area contributed by atoms with Gasteiger partial charge in [0.25, 0.3) is 0 Å². The van der Waals surface area contributed by atoms with Crippen molar-refractivity contribution < 1.29 is 19.4 Å². The molecule has 1 aliphatic rings. The summed E-state index contributed by atoms with van der Waals surface area (Å²) in [7, 11) is 0. The van der Waals surface area contributed by atoms with E-state index in [1.165, 1.54) is 4.90 Å². The summed E-state index contributed by atoms with van der Waals surface area (Å²) in [4.78, 5) is 24.5. The number of benzene rings is 1. The van der Waals surface area contributed by atoms with Crippen LogP contribution >= 0.6 is 0 Å². The van der Waals surface area contributed by atoms with Crippen LogP contribution in [-0.4, -0.2) is 29.5 Å². The van der Waals surface area contributed by atoms with E-state index >= 15 is 0 Å². The third kappa shape index (κ3) is 3.29. The van der Waals surface area contributed by atoms with Gasteiger partial charge in [-0.1, -0.05) is 30.3 Å². The maximum Gasteiger partial charge on any atom is 0.410 e. The number of carbonyl (C=O) groups is 2. The van der Waals surface area contributed by atoms with Crippen molar-refractivity contribution in [3.63, 3.8) is 0 Å². The molecule has 1 saturated heterocycles. The fraction of sp³-hybridized carbons (Fsp3) is 0.467. The molecular weight excluding hydrogens is 258 g/mol. The second-order valence-electron chi connectivity index (χ2n) is 5.04. The summed E-state index contributed by atoms with van der Waals surface area (Å²) >= 11 is 0. The maximum absolute atomic E-state index is 12.0. The van der Waals surface area contributed by atoms with Crippen LogP contribution in [0.4, 0.5) is 4.79 Å². The Morgan fingerprint density at radius 2 is 2.05 bits per heavy atom. The molecule has 1 heterocycles. The first-order chi connectivity index (χ1) is 9.59. The van der Waals surface area contributed by atoms with Gasteiger partial charge in [-0.3, -0.25) is 0 Å². The average molecular weight is 276 g/mol. The van der Waals surface area contributed by atoms with Gasteiger partial charge in [0.2, 0.25) is 0 Å². The number of carboxylic acids is 1. The highest BCUT2D eigenvalue weighted by Gasteiger charge is 2.32. The topological polar surface area (TPSA) is 69.7 Å². The summed E-state index contributed by atoms with van der Waals surface area (Å²) in [6, 6.07) is 8.99. The number of ether oxygens (including phenoxy) is 1. The summed E-state index contributed by atoms with van der Waals surface area (Å²) in [5, 5.41) is 11.0. The number of carbonyl (C=O) groups excluding carboxylic acids is 2. The van der Waals surface area contributed by atoms with E-state index in [-0.39, 0.29) is 6.61 Å². The van der Waals surface area contributed by atoms with Crippen molar-refractivity contribution in [3.8, 4) is 0 Å². The van der Waals surface area contributed by atoms with Gasteiger partial charge in [0.15, 0.2) is 0 Å². The summed E-state index contributed by atoms with van der Waals surface area (Å²) in [5.41, 5.74) is 0.905. The van der Waals surface area contributed by atoms with E-state index in [1.54, 1.807) is 6.92 Å². The van der Waals surface area contributed by atoms with E-state index in [4.69, 9.17) is 4.74 Å². The summed E-state index contributed by atoms with van der Waals surface area (Å²) in [6.45, 7) is 2.45. The SMILES string of the molecule is CC1C(C(=O)[O-])CCCN1C(=O)OCc1ccccc1. The van der Waals surface area contributed by atoms with Crippen molar-refractivity contribution in [1.82, 2.24) is 4.90 Å². The molecule has 2 atom stereocenters. The van der Waals surface area contributed by atoms with Crippen molar-refractivity contribution >= 4 is 12.1 Å². The van der Waals surface area contributed by atoms with Crippen molar-refractivity contribution in [3.05, 3.63) is 35.9 Å². The maximum atomic E-state index is 12.0. The molecule has 0 aliphatic carbocycles. The van der Waals surface area contributed by atoms with E-state index < -0.39 is 24.0 Å². The number of amides is 1. The van der Waals surface area contributed by atoms with Crippen molar-refractivity contribution in [2.24, 2.45) is 5.92 Å². The monoisotopic (exact) mass is 276 g/mol. The van der Waals surface area contributed by atoms with Gasteiger partial charge in [-0.2, -0.15) is 0 Å². The van der Waals surface area contributed by atoms with E-state index in [9.17, 15) is 14.7 Å². The second-order valence-corrected chi connectivity index (χ2v) is 5.04. The van der Waals surface area contributed by atoms with Crippen LogP contribution in [0.5, 0.6) is 0 Å². The van der Waals surface area contributed by atoms with Gasteiger partial charge in [-0.25, -0.2) is 4.79 Å². The van der Waals surface area contributed by atoms with Gasteiger partial charge >= 0.3 is 6.09 Å². The van der Waals surface area contributed by atoms with Crippen LogP contribution in [0.2, 0.25) is 0 Å². The number of hydrogen-bond donors (Lipinski definition) is 0. The lowest BCUT2D eigenvalue weighted by Crippen LogP contribution is -2.52. The minimum absolute atomic E-state index is 0.193. The fourth-order valence-corrected chi connectivity index (χ4v) is 2.52. The minimum Gasteiger partial charge on any atom is -0.550 e. The first-order valence-electron chi connectivity index (χ1n) is 6.78. The third-order valence-electron chi connectivity index (χ3n) is 3.73. The van der Waals surface area contributed by atoms with Crippen LogP contribution < -0.4 is 5.11 Å². The highest BCUT2D eigenvalue weighted by atomic mass is 16.6.